The molecule has 0 aromatic heterocycles. The Morgan fingerprint density at radius 1 is 1.12 bits per heavy atom. The van der Waals surface area contributed by atoms with Gasteiger partial charge in [-0.1, -0.05) is 30.3 Å². The van der Waals surface area contributed by atoms with Crippen LogP contribution in [0.3, 0.4) is 0 Å². The van der Waals surface area contributed by atoms with Crippen molar-refractivity contribution in [1.82, 2.24) is 9.62 Å². The third-order valence-corrected chi connectivity index (χ3v) is 5.63. The number of carbonyl (C=O) groups is 1. The fourth-order valence-corrected chi connectivity index (χ4v) is 3.45. The first kappa shape index (κ1) is 19.0. The number of hydrogen-bond donors (Lipinski definition) is 1. The van der Waals surface area contributed by atoms with E-state index >= 15 is 0 Å². The van der Waals surface area contributed by atoms with Crippen molar-refractivity contribution < 1.29 is 17.9 Å². The normalized spacial score (nSPS) is 12.6. The number of amides is 1. The van der Waals surface area contributed by atoms with Gasteiger partial charge in [0, 0.05) is 7.05 Å². The van der Waals surface area contributed by atoms with Crippen LogP contribution < -0.4 is 10.1 Å². The number of nitrogens with one attached hydrogen (secondary N) is 1. The molecule has 0 aliphatic heterocycles. The lowest BCUT2D eigenvalue weighted by molar-refractivity contribution is -0.121. The Kier molecular flexibility index (Phi) is 6.17. The predicted molar refractivity (Wildman–Crippen MR) is 95.8 cm³/mol. The molecule has 6 nitrogen and oxygen atoms in total. The Morgan fingerprint density at radius 3 is 2.28 bits per heavy atom. The Hall–Kier alpha value is -2.38. The van der Waals surface area contributed by atoms with Gasteiger partial charge in [0.2, 0.25) is 15.9 Å². The van der Waals surface area contributed by atoms with E-state index in [1.807, 2.05) is 37.3 Å². The quantitative estimate of drug-likeness (QED) is 0.819. The molecule has 1 unspecified atom stereocenters. The molecule has 25 heavy (non-hydrogen) atoms. The second-order valence-corrected chi connectivity index (χ2v) is 7.68. The van der Waals surface area contributed by atoms with Gasteiger partial charge in [-0.25, -0.2) is 8.42 Å². The topological polar surface area (TPSA) is 75.7 Å². The van der Waals surface area contributed by atoms with E-state index < -0.39 is 10.0 Å². The van der Waals surface area contributed by atoms with Gasteiger partial charge in [-0.05, 0) is 36.8 Å². The zero-order chi connectivity index (χ0) is 18.4. The lowest BCUT2D eigenvalue weighted by Crippen LogP contribution is -2.39. The van der Waals surface area contributed by atoms with Gasteiger partial charge in [0.05, 0.1) is 24.6 Å². The van der Waals surface area contributed by atoms with E-state index in [0.717, 1.165) is 9.87 Å². The molecule has 1 amide bonds. The summed E-state index contributed by atoms with van der Waals surface area (Å²) < 4.78 is 31.1. The molecule has 0 fully saturated rings. The molecular weight excluding hydrogens is 340 g/mol. The van der Waals surface area contributed by atoms with Gasteiger partial charge in [0.15, 0.2) is 0 Å². The van der Waals surface area contributed by atoms with Crippen molar-refractivity contribution in [2.75, 3.05) is 20.7 Å². The average Bonchev–Trinajstić information content (AvgIpc) is 2.62. The summed E-state index contributed by atoms with van der Waals surface area (Å²) in [6.07, 6.45) is 0. The van der Waals surface area contributed by atoms with E-state index in [-0.39, 0.29) is 23.4 Å². The minimum atomic E-state index is -3.74. The second kappa shape index (κ2) is 8.13. The molecule has 0 radical (unpaired) electrons. The number of rotatable bonds is 7. The van der Waals surface area contributed by atoms with E-state index in [1.165, 1.54) is 26.3 Å². The van der Waals surface area contributed by atoms with Crippen LogP contribution in [0.15, 0.2) is 59.5 Å². The molecule has 1 atom stereocenters. The van der Waals surface area contributed by atoms with Gasteiger partial charge >= 0.3 is 0 Å². The highest BCUT2D eigenvalue weighted by atomic mass is 32.2. The van der Waals surface area contributed by atoms with Crippen molar-refractivity contribution in [3.63, 3.8) is 0 Å². The summed E-state index contributed by atoms with van der Waals surface area (Å²) in [6, 6.07) is 15.3. The molecule has 0 bridgehead atoms. The summed E-state index contributed by atoms with van der Waals surface area (Å²) in [5, 5.41) is 2.80. The van der Waals surface area contributed by atoms with Crippen molar-refractivity contribution in [3.8, 4) is 5.75 Å². The summed E-state index contributed by atoms with van der Waals surface area (Å²) in [4.78, 5) is 12.3. The molecule has 0 heterocycles. The number of methoxy groups -OCH3 is 1. The van der Waals surface area contributed by atoms with Crippen LogP contribution in [0.1, 0.15) is 18.5 Å². The number of benzene rings is 2. The zero-order valence-electron chi connectivity index (χ0n) is 14.5. The van der Waals surface area contributed by atoms with Crippen LogP contribution in [0.5, 0.6) is 5.75 Å². The third kappa shape index (κ3) is 4.80. The maximum absolute atomic E-state index is 12.5. The minimum absolute atomic E-state index is 0.111. The van der Waals surface area contributed by atoms with Crippen molar-refractivity contribution in [2.24, 2.45) is 0 Å². The molecule has 2 rings (SSSR count). The monoisotopic (exact) mass is 362 g/mol. The van der Waals surface area contributed by atoms with Gasteiger partial charge in [-0.3, -0.25) is 4.79 Å². The Bertz CT molecular complexity index is 805. The molecule has 7 heteroatoms. The summed E-state index contributed by atoms with van der Waals surface area (Å²) in [7, 11) is -0.853. The maximum Gasteiger partial charge on any atom is 0.243 e. The Balaban J connectivity index is 2.01. The molecule has 1 N–H and O–H groups in total. The van der Waals surface area contributed by atoms with E-state index in [2.05, 4.69) is 5.32 Å². The molecule has 2 aromatic rings. The number of ether oxygens (including phenoxy) is 1. The van der Waals surface area contributed by atoms with Crippen LogP contribution in [0.4, 0.5) is 0 Å². The van der Waals surface area contributed by atoms with E-state index in [1.54, 1.807) is 12.1 Å². The lowest BCUT2D eigenvalue weighted by atomic mass is 10.1. The van der Waals surface area contributed by atoms with Gasteiger partial charge < -0.3 is 10.1 Å². The molecule has 0 saturated carbocycles. The van der Waals surface area contributed by atoms with Crippen LogP contribution in [0.25, 0.3) is 0 Å². The highest BCUT2D eigenvalue weighted by Gasteiger charge is 2.23. The largest absolute Gasteiger partial charge is 0.497 e. The lowest BCUT2D eigenvalue weighted by Gasteiger charge is -2.19. The zero-order valence-corrected chi connectivity index (χ0v) is 15.3. The van der Waals surface area contributed by atoms with Crippen molar-refractivity contribution >= 4 is 15.9 Å². The van der Waals surface area contributed by atoms with Gasteiger partial charge in [-0.2, -0.15) is 4.31 Å². The Morgan fingerprint density at radius 2 is 1.72 bits per heavy atom. The van der Waals surface area contributed by atoms with Crippen LogP contribution in [0.2, 0.25) is 0 Å². The summed E-state index contributed by atoms with van der Waals surface area (Å²) in [6.45, 7) is 1.59. The number of hydrogen-bond acceptors (Lipinski definition) is 4. The van der Waals surface area contributed by atoms with E-state index in [0.29, 0.717) is 5.75 Å². The molecule has 0 spiro atoms. The predicted octanol–water partition coefficient (Wildman–Crippen LogP) is 2.19. The van der Waals surface area contributed by atoms with Gasteiger partial charge in [0.1, 0.15) is 5.75 Å². The first-order valence-corrected chi connectivity index (χ1v) is 9.23. The standard InChI is InChI=1S/C18H22N2O4S/c1-14(15-7-5-4-6-8-15)19-18(21)13-20(2)25(22,23)17-11-9-16(24-3)10-12-17/h4-12,14H,13H2,1-3H3,(H,19,21). The van der Waals surface area contributed by atoms with Crippen molar-refractivity contribution in [1.29, 1.82) is 0 Å². The van der Waals surface area contributed by atoms with Gasteiger partial charge in [-0.15, -0.1) is 0 Å². The van der Waals surface area contributed by atoms with Crippen LogP contribution in [-0.4, -0.2) is 39.3 Å². The maximum atomic E-state index is 12.5. The SMILES string of the molecule is COc1ccc(S(=O)(=O)N(C)CC(=O)NC(C)c2ccccc2)cc1. The summed E-state index contributed by atoms with van der Waals surface area (Å²) in [5.41, 5.74) is 0.955. The fraction of sp³-hybridized carbons (Fsp3) is 0.278. The highest BCUT2D eigenvalue weighted by molar-refractivity contribution is 7.89. The van der Waals surface area contributed by atoms with Crippen molar-refractivity contribution in [2.45, 2.75) is 17.9 Å². The van der Waals surface area contributed by atoms with Crippen LogP contribution >= 0.6 is 0 Å². The molecule has 0 aliphatic rings. The molecular formula is C18H22N2O4S. The number of likely N-dealkylation sites (N-methyl/N-ethyl adjacent to an activating group) is 1. The number of carbonyl (C=O) groups excluding carboxylic acids is 1. The first-order chi connectivity index (χ1) is 11.8. The number of nitrogens with zero attached hydrogens (tertiary/aromatic N) is 1. The molecule has 0 aliphatic carbocycles. The highest BCUT2D eigenvalue weighted by Crippen LogP contribution is 2.18. The smallest absolute Gasteiger partial charge is 0.243 e. The van der Waals surface area contributed by atoms with Crippen LogP contribution in [-0.2, 0) is 14.8 Å². The molecule has 2 aromatic carbocycles. The van der Waals surface area contributed by atoms with E-state index in [9.17, 15) is 13.2 Å². The van der Waals surface area contributed by atoms with Gasteiger partial charge in [0.25, 0.3) is 0 Å². The first-order valence-electron chi connectivity index (χ1n) is 7.79. The summed E-state index contributed by atoms with van der Waals surface area (Å²) >= 11 is 0. The average molecular weight is 362 g/mol. The fourth-order valence-electron chi connectivity index (χ4n) is 2.33. The van der Waals surface area contributed by atoms with E-state index in [4.69, 9.17) is 4.74 Å². The van der Waals surface area contributed by atoms with Crippen molar-refractivity contribution in [3.05, 3.63) is 60.2 Å². The molecule has 0 saturated heterocycles. The molecule has 134 valence electrons. The third-order valence-electron chi connectivity index (χ3n) is 3.81. The summed E-state index contributed by atoms with van der Waals surface area (Å²) in [5.74, 6) is 0.201. The Labute approximate surface area is 148 Å². The number of sulfonamides is 1. The minimum Gasteiger partial charge on any atom is -0.497 e. The second-order valence-electron chi connectivity index (χ2n) is 5.64. The van der Waals surface area contributed by atoms with Crippen LogP contribution in [0, 0.1) is 0 Å².